The fourth-order valence-corrected chi connectivity index (χ4v) is 5.67. The van der Waals surface area contributed by atoms with Gasteiger partial charge in [-0.1, -0.05) is 18.2 Å². The number of ether oxygens (including phenoxy) is 1. The number of carbonyl (C=O) groups excluding carboxylic acids is 5. The van der Waals surface area contributed by atoms with Crippen molar-refractivity contribution in [2.75, 3.05) is 13.1 Å². The SMILES string of the molecule is CC(=O)N1CCCCC1C1(CNC(=O)c2ccc(OCc3cc(C)nc4ccccc34)cc2)C(=O)NC(=O)NC1=O. The highest BCUT2D eigenvalue weighted by Gasteiger charge is 2.58. The number of hydrogen-bond donors (Lipinski definition) is 3. The van der Waals surface area contributed by atoms with E-state index in [1.165, 1.54) is 11.8 Å². The third kappa shape index (κ3) is 5.47. The summed E-state index contributed by atoms with van der Waals surface area (Å²) in [6, 6.07) is 14.6. The van der Waals surface area contributed by atoms with Crippen molar-refractivity contribution >= 4 is 40.6 Å². The molecule has 11 nitrogen and oxygen atoms in total. The Morgan fingerprint density at radius 1 is 1.05 bits per heavy atom. The van der Waals surface area contributed by atoms with Gasteiger partial charge in [0.2, 0.25) is 17.7 Å². The molecule has 0 radical (unpaired) electrons. The first-order valence-corrected chi connectivity index (χ1v) is 13.5. The Labute approximate surface area is 236 Å². The summed E-state index contributed by atoms with van der Waals surface area (Å²) in [6.45, 7) is 3.60. The molecule has 3 heterocycles. The molecule has 3 N–H and O–H groups in total. The molecule has 2 aliphatic rings. The number of nitrogens with zero attached hydrogens (tertiary/aromatic N) is 2. The van der Waals surface area contributed by atoms with Crippen LogP contribution in [0.3, 0.4) is 0 Å². The van der Waals surface area contributed by atoms with Gasteiger partial charge >= 0.3 is 6.03 Å². The summed E-state index contributed by atoms with van der Waals surface area (Å²) in [7, 11) is 0. The summed E-state index contributed by atoms with van der Waals surface area (Å²) >= 11 is 0. The molecule has 1 aromatic heterocycles. The lowest BCUT2D eigenvalue weighted by molar-refractivity contribution is -0.153. The predicted octanol–water partition coefficient (Wildman–Crippen LogP) is 2.61. The van der Waals surface area contributed by atoms with Gasteiger partial charge in [-0.2, -0.15) is 0 Å². The Morgan fingerprint density at radius 2 is 1.76 bits per heavy atom. The number of likely N-dealkylation sites (tertiary alicyclic amines) is 1. The number of benzene rings is 2. The number of fused-ring (bicyclic) bond motifs is 1. The van der Waals surface area contributed by atoms with E-state index in [0.717, 1.165) is 28.6 Å². The van der Waals surface area contributed by atoms with Crippen molar-refractivity contribution < 1.29 is 28.7 Å². The molecule has 0 spiro atoms. The second-order valence-electron chi connectivity index (χ2n) is 10.4. The molecule has 11 heteroatoms. The Balaban J connectivity index is 1.30. The summed E-state index contributed by atoms with van der Waals surface area (Å²) < 4.78 is 5.98. The minimum Gasteiger partial charge on any atom is -0.489 e. The fourth-order valence-electron chi connectivity index (χ4n) is 5.67. The highest BCUT2D eigenvalue weighted by Crippen LogP contribution is 2.35. The third-order valence-electron chi connectivity index (χ3n) is 7.71. The van der Waals surface area contributed by atoms with Gasteiger partial charge in [0.15, 0.2) is 5.41 Å². The molecule has 0 bridgehead atoms. The number of imide groups is 2. The van der Waals surface area contributed by atoms with E-state index in [9.17, 15) is 24.0 Å². The van der Waals surface area contributed by atoms with Crippen molar-refractivity contribution in [2.45, 2.75) is 45.8 Å². The van der Waals surface area contributed by atoms with Gasteiger partial charge in [-0.25, -0.2) is 4.79 Å². The van der Waals surface area contributed by atoms with E-state index >= 15 is 0 Å². The average molecular weight is 558 g/mol. The maximum absolute atomic E-state index is 13.2. The van der Waals surface area contributed by atoms with E-state index in [-0.39, 0.29) is 11.5 Å². The predicted molar refractivity (Wildman–Crippen MR) is 149 cm³/mol. The van der Waals surface area contributed by atoms with E-state index in [2.05, 4.69) is 20.9 Å². The molecule has 41 heavy (non-hydrogen) atoms. The molecule has 2 saturated heterocycles. The number of barbiturate groups is 1. The van der Waals surface area contributed by atoms with E-state index in [0.29, 0.717) is 31.7 Å². The summed E-state index contributed by atoms with van der Waals surface area (Å²) in [5.74, 6) is -1.93. The molecular formula is C30H31N5O6. The highest BCUT2D eigenvalue weighted by atomic mass is 16.5. The number of aromatic nitrogens is 1. The van der Waals surface area contributed by atoms with Gasteiger partial charge in [-0.3, -0.25) is 34.8 Å². The van der Waals surface area contributed by atoms with Crippen molar-refractivity contribution in [3.05, 3.63) is 71.4 Å². The van der Waals surface area contributed by atoms with E-state index in [1.807, 2.05) is 37.3 Å². The van der Waals surface area contributed by atoms with E-state index in [1.54, 1.807) is 24.3 Å². The molecule has 1 unspecified atom stereocenters. The van der Waals surface area contributed by atoms with Gasteiger partial charge in [0.05, 0.1) is 11.6 Å². The normalized spacial score (nSPS) is 18.4. The minimum atomic E-state index is -1.86. The average Bonchev–Trinajstić information content (AvgIpc) is 2.95. The van der Waals surface area contributed by atoms with Crippen LogP contribution in [-0.4, -0.2) is 58.7 Å². The zero-order valence-electron chi connectivity index (χ0n) is 22.9. The largest absolute Gasteiger partial charge is 0.489 e. The maximum atomic E-state index is 13.2. The monoisotopic (exact) mass is 557 g/mol. The molecule has 3 aromatic rings. The Kier molecular flexibility index (Phi) is 7.69. The second kappa shape index (κ2) is 11.4. The van der Waals surface area contributed by atoms with Crippen molar-refractivity contribution in [3.8, 4) is 5.75 Å². The lowest BCUT2D eigenvalue weighted by atomic mass is 9.72. The summed E-state index contributed by atoms with van der Waals surface area (Å²) in [5, 5.41) is 7.99. The van der Waals surface area contributed by atoms with Crippen molar-refractivity contribution in [3.63, 3.8) is 0 Å². The highest BCUT2D eigenvalue weighted by molar-refractivity contribution is 6.20. The molecule has 2 fully saturated rings. The molecule has 1 atom stereocenters. The molecule has 2 aliphatic heterocycles. The summed E-state index contributed by atoms with van der Waals surface area (Å²) in [4.78, 5) is 69.7. The number of hydrogen-bond acceptors (Lipinski definition) is 7. The zero-order valence-corrected chi connectivity index (χ0v) is 22.9. The quantitative estimate of drug-likeness (QED) is 0.379. The van der Waals surface area contributed by atoms with Crippen LogP contribution in [0.25, 0.3) is 10.9 Å². The van der Waals surface area contributed by atoms with Crippen LogP contribution in [0.5, 0.6) is 5.75 Å². The number of piperidine rings is 1. The number of amides is 6. The second-order valence-corrected chi connectivity index (χ2v) is 10.4. The zero-order chi connectivity index (χ0) is 29.1. The molecule has 5 rings (SSSR count). The lowest BCUT2D eigenvalue weighted by Gasteiger charge is -2.47. The van der Waals surface area contributed by atoms with Gasteiger partial charge in [-0.15, -0.1) is 0 Å². The van der Waals surface area contributed by atoms with Crippen LogP contribution in [0, 0.1) is 12.3 Å². The molecule has 0 saturated carbocycles. The number of aryl methyl sites for hydroxylation is 1. The van der Waals surface area contributed by atoms with Crippen molar-refractivity contribution in [2.24, 2.45) is 5.41 Å². The summed E-state index contributed by atoms with van der Waals surface area (Å²) in [5.41, 5.74) is 1.20. The van der Waals surface area contributed by atoms with Crippen LogP contribution in [0.2, 0.25) is 0 Å². The third-order valence-corrected chi connectivity index (χ3v) is 7.71. The number of para-hydroxylation sites is 1. The number of nitrogens with one attached hydrogen (secondary N) is 3. The summed E-state index contributed by atoms with van der Waals surface area (Å²) in [6.07, 6.45) is 1.80. The van der Waals surface area contributed by atoms with Crippen molar-refractivity contribution in [1.29, 1.82) is 0 Å². The number of urea groups is 1. The molecule has 0 aliphatic carbocycles. The Morgan fingerprint density at radius 3 is 2.46 bits per heavy atom. The van der Waals surface area contributed by atoms with Gasteiger partial charge in [0.1, 0.15) is 12.4 Å². The van der Waals surface area contributed by atoms with E-state index in [4.69, 9.17) is 4.74 Å². The molecular weight excluding hydrogens is 526 g/mol. The minimum absolute atomic E-state index is 0.289. The van der Waals surface area contributed by atoms with Crippen LogP contribution in [-0.2, 0) is 21.0 Å². The number of rotatable bonds is 7. The maximum Gasteiger partial charge on any atom is 0.328 e. The molecule has 2 aromatic carbocycles. The van der Waals surface area contributed by atoms with Crippen molar-refractivity contribution in [1.82, 2.24) is 25.8 Å². The van der Waals surface area contributed by atoms with Gasteiger partial charge in [-0.05, 0) is 62.6 Å². The van der Waals surface area contributed by atoms with Crippen LogP contribution in [0.1, 0.15) is 47.8 Å². The topological polar surface area (TPSA) is 147 Å². The molecule has 6 amide bonds. The molecule has 212 valence electrons. The van der Waals surface area contributed by atoms with Crippen LogP contribution in [0.15, 0.2) is 54.6 Å². The number of carbonyl (C=O) groups is 5. The first-order valence-electron chi connectivity index (χ1n) is 13.5. The fraction of sp³-hybridized carbons (Fsp3) is 0.333. The smallest absolute Gasteiger partial charge is 0.328 e. The van der Waals surface area contributed by atoms with E-state index < -0.39 is 41.8 Å². The first-order chi connectivity index (χ1) is 19.7. The van der Waals surface area contributed by atoms with Gasteiger partial charge in [0, 0.05) is 42.2 Å². The Hall–Kier alpha value is -4.80. The van der Waals surface area contributed by atoms with Crippen LogP contribution in [0.4, 0.5) is 4.79 Å². The van der Waals surface area contributed by atoms with Gasteiger partial charge < -0.3 is 15.0 Å². The Bertz CT molecular complexity index is 1520. The lowest BCUT2D eigenvalue weighted by Crippen LogP contribution is -2.72. The van der Waals surface area contributed by atoms with Crippen LogP contribution >= 0.6 is 0 Å². The van der Waals surface area contributed by atoms with Gasteiger partial charge in [0.25, 0.3) is 5.91 Å². The number of pyridine rings is 1. The first kappa shape index (κ1) is 27.8. The van der Waals surface area contributed by atoms with Crippen LogP contribution < -0.4 is 20.7 Å². The standard InChI is InChI=1S/C30H31N5O6/c1-18-15-21(23-7-3-4-8-24(23)32-18)16-41-22-12-10-20(11-13-22)26(37)31-17-30(27(38)33-29(40)34-28(30)39)25-9-5-6-14-35(25)19(2)36/h3-4,7-8,10-13,15,25H,5-6,9,14,16-17H2,1-2H3,(H,31,37)(H2,33,34,38,39,40).